The summed E-state index contributed by atoms with van der Waals surface area (Å²) in [5, 5.41) is 2.95. The quantitative estimate of drug-likeness (QED) is 0.628. The summed E-state index contributed by atoms with van der Waals surface area (Å²) in [6, 6.07) is 10.8. The molecule has 98 valence electrons. The largest absolute Gasteiger partial charge is 0.146 e. The Labute approximate surface area is 127 Å². The van der Waals surface area contributed by atoms with Crippen molar-refractivity contribution in [3.05, 3.63) is 56.7 Å². The second-order valence-electron chi connectivity index (χ2n) is 5.54. The number of aryl methyl sites for hydroxylation is 1. The Kier molecular flexibility index (Phi) is 2.91. The van der Waals surface area contributed by atoms with Crippen LogP contribution in [0.3, 0.4) is 0 Å². The molecule has 2 aliphatic rings. The Morgan fingerprint density at radius 3 is 2.84 bits per heavy atom. The van der Waals surface area contributed by atoms with E-state index in [1.807, 2.05) is 11.4 Å². The zero-order valence-electron chi connectivity index (χ0n) is 10.4. The topological polar surface area (TPSA) is 0 Å². The summed E-state index contributed by atoms with van der Waals surface area (Å²) >= 11 is 14.6. The summed E-state index contributed by atoms with van der Waals surface area (Å²) in [6.45, 7) is 0. The smallest absolute Gasteiger partial charge is 0.0730 e. The Balaban J connectivity index is 1.66. The van der Waals surface area contributed by atoms with Crippen LogP contribution in [-0.2, 0) is 6.42 Å². The van der Waals surface area contributed by atoms with E-state index in [0.717, 1.165) is 15.8 Å². The van der Waals surface area contributed by atoms with Crippen LogP contribution in [0.5, 0.6) is 0 Å². The minimum Gasteiger partial charge on any atom is -0.146 e. The van der Waals surface area contributed by atoms with Gasteiger partial charge < -0.3 is 0 Å². The van der Waals surface area contributed by atoms with Crippen molar-refractivity contribution in [1.29, 1.82) is 0 Å². The van der Waals surface area contributed by atoms with E-state index in [1.54, 1.807) is 11.3 Å². The van der Waals surface area contributed by atoms with Crippen LogP contribution in [-0.4, -0.2) is 0 Å². The molecule has 0 bridgehead atoms. The highest BCUT2D eigenvalue weighted by Crippen LogP contribution is 2.66. The molecule has 19 heavy (non-hydrogen) atoms. The van der Waals surface area contributed by atoms with Gasteiger partial charge in [-0.3, -0.25) is 0 Å². The van der Waals surface area contributed by atoms with Crippen LogP contribution < -0.4 is 0 Å². The van der Waals surface area contributed by atoms with E-state index in [1.165, 1.54) is 24.0 Å². The molecule has 0 aliphatic heterocycles. The molecule has 1 aromatic carbocycles. The van der Waals surface area contributed by atoms with Gasteiger partial charge in [-0.15, -0.1) is 22.9 Å². The number of hydrogen-bond donors (Lipinski definition) is 0. The highest BCUT2D eigenvalue weighted by atomic mass is 35.5. The third-order valence-electron chi connectivity index (χ3n) is 4.62. The monoisotopic (exact) mass is 308 g/mol. The maximum absolute atomic E-state index is 6.72. The van der Waals surface area contributed by atoms with E-state index in [9.17, 15) is 0 Å². The van der Waals surface area contributed by atoms with E-state index in [-0.39, 0.29) is 5.38 Å². The van der Waals surface area contributed by atoms with Gasteiger partial charge in [-0.05, 0) is 53.2 Å². The molecule has 0 radical (unpaired) electrons. The summed E-state index contributed by atoms with van der Waals surface area (Å²) in [5.74, 6) is 1.99. The molecule has 1 heterocycles. The summed E-state index contributed by atoms with van der Waals surface area (Å²) in [6.07, 6.45) is 2.48. The maximum Gasteiger partial charge on any atom is 0.0730 e. The third kappa shape index (κ3) is 1.86. The highest BCUT2D eigenvalue weighted by molar-refractivity contribution is 7.11. The van der Waals surface area contributed by atoms with Gasteiger partial charge in [-0.25, -0.2) is 0 Å². The van der Waals surface area contributed by atoms with Gasteiger partial charge in [-0.2, -0.15) is 0 Å². The number of fused-ring (bicyclic) bond motifs is 3. The van der Waals surface area contributed by atoms with Gasteiger partial charge in [0.15, 0.2) is 0 Å². The molecule has 0 saturated heterocycles. The van der Waals surface area contributed by atoms with Gasteiger partial charge in [-0.1, -0.05) is 35.9 Å². The fraction of sp³-hybridized carbons (Fsp3) is 0.375. The van der Waals surface area contributed by atoms with Gasteiger partial charge >= 0.3 is 0 Å². The van der Waals surface area contributed by atoms with Crippen LogP contribution in [0.4, 0.5) is 0 Å². The molecule has 3 heteroatoms. The van der Waals surface area contributed by atoms with Crippen molar-refractivity contribution in [3.63, 3.8) is 0 Å². The maximum atomic E-state index is 6.72. The van der Waals surface area contributed by atoms with Crippen LogP contribution in [0, 0.1) is 11.8 Å². The SMILES string of the molecule is Clc1ccsc1C(Cl)C1C2CCc3ccccc3C21. The number of alkyl halides is 1. The number of rotatable bonds is 2. The van der Waals surface area contributed by atoms with Gasteiger partial charge in [0, 0.05) is 4.88 Å². The lowest BCUT2D eigenvalue weighted by molar-refractivity contribution is 0.624. The Morgan fingerprint density at radius 1 is 1.21 bits per heavy atom. The number of thiophene rings is 1. The minimum atomic E-state index is 0.0775. The molecule has 4 atom stereocenters. The van der Waals surface area contributed by atoms with Crippen LogP contribution >= 0.6 is 34.5 Å². The van der Waals surface area contributed by atoms with Crippen molar-refractivity contribution >= 4 is 34.5 Å². The second kappa shape index (κ2) is 4.51. The van der Waals surface area contributed by atoms with Gasteiger partial charge in [0.05, 0.1) is 10.4 Å². The molecule has 4 unspecified atom stereocenters. The molecule has 0 N–H and O–H groups in total. The molecule has 4 rings (SSSR count). The predicted octanol–water partition coefficient (Wildman–Crippen LogP) is 5.66. The molecule has 0 amide bonds. The van der Waals surface area contributed by atoms with Crippen molar-refractivity contribution in [2.75, 3.05) is 0 Å². The first-order chi connectivity index (χ1) is 9.27. The van der Waals surface area contributed by atoms with Crippen molar-refractivity contribution in [3.8, 4) is 0 Å². The number of hydrogen-bond acceptors (Lipinski definition) is 1. The molecular formula is C16H14Cl2S. The average Bonchev–Trinajstić information content (AvgIpc) is 3.04. The van der Waals surface area contributed by atoms with Crippen LogP contribution in [0.15, 0.2) is 35.7 Å². The van der Waals surface area contributed by atoms with E-state index in [0.29, 0.717) is 11.8 Å². The molecule has 0 spiro atoms. The van der Waals surface area contributed by atoms with Crippen molar-refractivity contribution in [1.82, 2.24) is 0 Å². The Bertz CT molecular complexity index is 619. The van der Waals surface area contributed by atoms with Crippen molar-refractivity contribution < 1.29 is 0 Å². The van der Waals surface area contributed by atoms with E-state index in [4.69, 9.17) is 23.2 Å². The standard InChI is InChI=1S/C16H14Cl2S/c17-12-7-8-19-16(12)15(18)14-11-6-5-9-3-1-2-4-10(9)13(11)14/h1-4,7-8,11,13-15H,5-6H2. The molecular weight excluding hydrogens is 295 g/mol. The fourth-order valence-corrected chi connectivity index (χ4v) is 5.57. The van der Waals surface area contributed by atoms with Gasteiger partial charge in [0.2, 0.25) is 0 Å². The molecule has 0 nitrogen and oxygen atoms in total. The van der Waals surface area contributed by atoms with Crippen LogP contribution in [0.2, 0.25) is 5.02 Å². The Hall–Kier alpha value is -0.500. The first kappa shape index (κ1) is 12.3. The lowest BCUT2D eigenvalue weighted by atomic mass is 9.92. The molecule has 1 fully saturated rings. The molecule has 1 saturated carbocycles. The zero-order valence-corrected chi connectivity index (χ0v) is 12.7. The first-order valence-corrected chi connectivity index (χ1v) is 8.41. The van der Waals surface area contributed by atoms with Gasteiger partial charge in [0.25, 0.3) is 0 Å². The van der Waals surface area contributed by atoms with Crippen molar-refractivity contribution in [2.24, 2.45) is 11.8 Å². The fourth-order valence-electron chi connectivity index (χ4n) is 3.70. The summed E-state index contributed by atoms with van der Waals surface area (Å²) in [5.41, 5.74) is 3.05. The summed E-state index contributed by atoms with van der Waals surface area (Å²) in [4.78, 5) is 1.15. The lowest BCUT2D eigenvalue weighted by Gasteiger charge is -2.13. The lowest BCUT2D eigenvalue weighted by Crippen LogP contribution is -2.00. The number of benzene rings is 1. The predicted molar refractivity (Wildman–Crippen MR) is 82.4 cm³/mol. The second-order valence-corrected chi connectivity index (χ2v) is 7.36. The molecule has 2 aliphatic carbocycles. The minimum absolute atomic E-state index is 0.0775. The summed E-state index contributed by atoms with van der Waals surface area (Å²) in [7, 11) is 0. The number of halogens is 2. The average molecular weight is 309 g/mol. The van der Waals surface area contributed by atoms with Crippen LogP contribution in [0.25, 0.3) is 0 Å². The first-order valence-electron chi connectivity index (χ1n) is 6.72. The summed E-state index contributed by atoms with van der Waals surface area (Å²) < 4.78 is 0. The normalized spacial score (nSPS) is 29.5. The molecule has 1 aromatic heterocycles. The Morgan fingerprint density at radius 2 is 2.05 bits per heavy atom. The zero-order chi connectivity index (χ0) is 13.0. The van der Waals surface area contributed by atoms with E-state index >= 15 is 0 Å². The molecule has 2 aromatic rings. The van der Waals surface area contributed by atoms with E-state index < -0.39 is 0 Å². The van der Waals surface area contributed by atoms with Crippen LogP contribution in [0.1, 0.15) is 33.7 Å². The van der Waals surface area contributed by atoms with E-state index in [2.05, 4.69) is 24.3 Å². The third-order valence-corrected chi connectivity index (χ3v) is 6.70. The van der Waals surface area contributed by atoms with Crippen molar-refractivity contribution in [2.45, 2.75) is 24.1 Å². The highest BCUT2D eigenvalue weighted by Gasteiger charge is 2.56. The van der Waals surface area contributed by atoms with Gasteiger partial charge in [0.1, 0.15) is 0 Å².